The van der Waals surface area contributed by atoms with Gasteiger partial charge in [-0.1, -0.05) is 13.8 Å². The van der Waals surface area contributed by atoms with Gasteiger partial charge in [0.15, 0.2) is 0 Å². The lowest BCUT2D eigenvalue weighted by molar-refractivity contribution is -0.136. The summed E-state index contributed by atoms with van der Waals surface area (Å²) in [5, 5.41) is 13.0. The fourth-order valence-corrected chi connectivity index (χ4v) is 1.85. The van der Waals surface area contributed by atoms with Crippen LogP contribution in [0.25, 0.3) is 0 Å². The van der Waals surface area contributed by atoms with Crippen LogP contribution in [0.4, 0.5) is 0 Å². The van der Waals surface area contributed by atoms with Crippen molar-refractivity contribution >= 4 is 5.97 Å². The summed E-state index contributed by atoms with van der Waals surface area (Å²) in [7, 11) is 1.89. The van der Waals surface area contributed by atoms with Crippen molar-refractivity contribution in [2.45, 2.75) is 39.5 Å². The molecule has 4 heteroatoms. The van der Waals surface area contributed by atoms with Crippen LogP contribution < -0.4 is 0 Å². The maximum Gasteiger partial charge on any atom is 0.303 e. The van der Waals surface area contributed by atoms with Gasteiger partial charge in [0.1, 0.15) is 0 Å². The zero-order valence-electron chi connectivity index (χ0n) is 9.74. The Labute approximate surface area is 89.9 Å². The molecule has 0 unspecified atom stereocenters. The fourth-order valence-electron chi connectivity index (χ4n) is 1.85. The Hall–Kier alpha value is -1.32. The molecule has 0 aliphatic rings. The molecule has 0 aliphatic carbocycles. The molecular formula is C11H18N2O2. The first kappa shape index (κ1) is 11.8. The molecule has 1 aromatic heterocycles. The van der Waals surface area contributed by atoms with E-state index >= 15 is 0 Å². The number of rotatable bonds is 4. The molecule has 0 aliphatic heterocycles. The van der Waals surface area contributed by atoms with Crippen molar-refractivity contribution in [2.24, 2.45) is 7.05 Å². The Morgan fingerprint density at radius 1 is 1.53 bits per heavy atom. The summed E-state index contributed by atoms with van der Waals surface area (Å²) in [4.78, 5) is 10.5. The summed E-state index contributed by atoms with van der Waals surface area (Å²) in [5.41, 5.74) is 3.25. The van der Waals surface area contributed by atoms with E-state index in [1.807, 2.05) is 18.7 Å². The normalized spacial score (nSPS) is 11.0. The number of nitrogens with zero attached hydrogens (tertiary/aromatic N) is 2. The van der Waals surface area contributed by atoms with Crippen LogP contribution in [0.15, 0.2) is 0 Å². The van der Waals surface area contributed by atoms with E-state index in [-0.39, 0.29) is 6.42 Å². The molecule has 0 radical (unpaired) electrons. The van der Waals surface area contributed by atoms with Gasteiger partial charge in [-0.3, -0.25) is 9.48 Å². The third kappa shape index (κ3) is 2.58. The zero-order chi connectivity index (χ0) is 11.6. The molecule has 1 aromatic rings. The standard InChI is InChI=1S/C11H18N2O2/c1-7(2)11-8(3)13(4)12-9(11)5-6-10(14)15/h7H,5-6H2,1-4H3,(H,14,15). The molecule has 1 N–H and O–H groups in total. The van der Waals surface area contributed by atoms with E-state index in [0.29, 0.717) is 12.3 Å². The largest absolute Gasteiger partial charge is 0.481 e. The second-order valence-corrected chi connectivity index (χ2v) is 4.12. The summed E-state index contributed by atoms with van der Waals surface area (Å²) in [6.07, 6.45) is 0.667. The van der Waals surface area contributed by atoms with Crippen LogP contribution in [0.1, 0.15) is 43.1 Å². The average Bonchev–Trinajstić information content (AvgIpc) is 2.39. The number of carboxylic acid groups (broad SMARTS) is 1. The molecule has 0 fully saturated rings. The first-order chi connectivity index (χ1) is 6.93. The Morgan fingerprint density at radius 3 is 2.60 bits per heavy atom. The van der Waals surface area contributed by atoms with Gasteiger partial charge < -0.3 is 5.11 Å². The minimum Gasteiger partial charge on any atom is -0.481 e. The minimum atomic E-state index is -0.770. The van der Waals surface area contributed by atoms with Crippen molar-refractivity contribution in [1.82, 2.24) is 9.78 Å². The van der Waals surface area contributed by atoms with Crippen molar-refractivity contribution in [2.75, 3.05) is 0 Å². The van der Waals surface area contributed by atoms with Gasteiger partial charge in [-0.2, -0.15) is 5.10 Å². The number of hydrogen-bond donors (Lipinski definition) is 1. The minimum absolute atomic E-state index is 0.149. The van der Waals surface area contributed by atoms with Crippen molar-refractivity contribution in [1.29, 1.82) is 0 Å². The molecule has 0 amide bonds. The van der Waals surface area contributed by atoms with Gasteiger partial charge in [0.25, 0.3) is 0 Å². The van der Waals surface area contributed by atoms with E-state index in [0.717, 1.165) is 11.4 Å². The van der Waals surface area contributed by atoms with Gasteiger partial charge in [0.2, 0.25) is 0 Å². The molecule has 0 saturated heterocycles. The third-order valence-electron chi connectivity index (χ3n) is 2.61. The first-order valence-electron chi connectivity index (χ1n) is 5.17. The molecule has 0 atom stereocenters. The molecule has 84 valence electrons. The average molecular weight is 210 g/mol. The maximum absolute atomic E-state index is 10.5. The Balaban J connectivity index is 2.96. The van der Waals surface area contributed by atoms with Gasteiger partial charge in [0, 0.05) is 19.2 Å². The molecule has 1 heterocycles. The molecule has 0 bridgehead atoms. The van der Waals surface area contributed by atoms with Crippen molar-refractivity contribution in [3.63, 3.8) is 0 Å². The van der Waals surface area contributed by atoms with Gasteiger partial charge >= 0.3 is 5.97 Å². The monoisotopic (exact) mass is 210 g/mol. The van der Waals surface area contributed by atoms with Crippen molar-refractivity contribution in [3.8, 4) is 0 Å². The van der Waals surface area contributed by atoms with E-state index in [1.165, 1.54) is 5.56 Å². The first-order valence-corrected chi connectivity index (χ1v) is 5.17. The summed E-state index contributed by atoms with van der Waals surface area (Å²) >= 11 is 0. The number of carbonyl (C=O) groups is 1. The second-order valence-electron chi connectivity index (χ2n) is 4.12. The quantitative estimate of drug-likeness (QED) is 0.825. The number of hydrogen-bond acceptors (Lipinski definition) is 2. The van der Waals surface area contributed by atoms with Crippen molar-refractivity contribution in [3.05, 3.63) is 17.0 Å². The number of aliphatic carboxylic acids is 1. The summed E-state index contributed by atoms with van der Waals surface area (Å²) in [5.74, 6) is -0.379. The van der Waals surface area contributed by atoms with E-state index in [1.54, 1.807) is 0 Å². The highest BCUT2D eigenvalue weighted by molar-refractivity contribution is 5.67. The highest BCUT2D eigenvalue weighted by atomic mass is 16.4. The van der Waals surface area contributed by atoms with E-state index < -0.39 is 5.97 Å². The molecule has 0 saturated carbocycles. The number of aryl methyl sites for hydroxylation is 2. The van der Waals surface area contributed by atoms with E-state index in [9.17, 15) is 4.79 Å². The lowest BCUT2D eigenvalue weighted by atomic mass is 9.99. The molecule has 15 heavy (non-hydrogen) atoms. The maximum atomic E-state index is 10.5. The highest BCUT2D eigenvalue weighted by Crippen LogP contribution is 2.23. The highest BCUT2D eigenvalue weighted by Gasteiger charge is 2.16. The summed E-state index contributed by atoms with van der Waals surface area (Å²) < 4.78 is 1.83. The second kappa shape index (κ2) is 4.47. The van der Waals surface area contributed by atoms with Crippen LogP contribution >= 0.6 is 0 Å². The van der Waals surface area contributed by atoms with Gasteiger partial charge in [-0.25, -0.2) is 0 Å². The molecule has 4 nitrogen and oxygen atoms in total. The lowest BCUT2D eigenvalue weighted by Gasteiger charge is -2.06. The zero-order valence-corrected chi connectivity index (χ0v) is 9.74. The van der Waals surface area contributed by atoms with Crippen molar-refractivity contribution < 1.29 is 9.90 Å². The predicted octanol–water partition coefficient (Wildman–Crippen LogP) is 1.87. The van der Waals surface area contributed by atoms with Crippen LogP contribution in [-0.4, -0.2) is 20.9 Å². The Bertz CT molecular complexity index is 367. The smallest absolute Gasteiger partial charge is 0.303 e. The molecular weight excluding hydrogens is 192 g/mol. The van der Waals surface area contributed by atoms with Crippen LogP contribution in [-0.2, 0) is 18.3 Å². The van der Waals surface area contributed by atoms with Gasteiger partial charge in [-0.05, 0) is 18.4 Å². The summed E-state index contributed by atoms with van der Waals surface area (Å²) in [6, 6.07) is 0. The number of carboxylic acids is 1. The van der Waals surface area contributed by atoms with E-state index in [2.05, 4.69) is 18.9 Å². The number of aromatic nitrogens is 2. The fraction of sp³-hybridized carbons (Fsp3) is 0.636. The van der Waals surface area contributed by atoms with Crippen LogP contribution in [0.5, 0.6) is 0 Å². The Morgan fingerprint density at radius 2 is 2.13 bits per heavy atom. The molecule has 0 aromatic carbocycles. The Kier molecular flexibility index (Phi) is 3.50. The lowest BCUT2D eigenvalue weighted by Crippen LogP contribution is -2.01. The van der Waals surface area contributed by atoms with E-state index in [4.69, 9.17) is 5.11 Å². The molecule has 0 spiro atoms. The SMILES string of the molecule is Cc1c(C(C)C)c(CCC(=O)O)nn1C. The van der Waals surface area contributed by atoms with Gasteiger partial charge in [-0.15, -0.1) is 0 Å². The summed E-state index contributed by atoms with van der Waals surface area (Å²) in [6.45, 7) is 6.23. The van der Waals surface area contributed by atoms with Crippen LogP contribution in [0.2, 0.25) is 0 Å². The molecule has 1 rings (SSSR count). The van der Waals surface area contributed by atoms with Gasteiger partial charge in [0.05, 0.1) is 12.1 Å². The third-order valence-corrected chi connectivity index (χ3v) is 2.61. The predicted molar refractivity (Wildman–Crippen MR) is 58.0 cm³/mol. The topological polar surface area (TPSA) is 55.1 Å². The van der Waals surface area contributed by atoms with Crippen LogP contribution in [0.3, 0.4) is 0 Å². The van der Waals surface area contributed by atoms with Crippen LogP contribution in [0, 0.1) is 6.92 Å².